The Kier molecular flexibility index (Phi) is 11.6. The Hall–Kier alpha value is -3.63. The first-order chi connectivity index (χ1) is 20.3. The minimum Gasteiger partial charge on any atom is -0.458 e. The van der Waals surface area contributed by atoms with Crippen LogP contribution in [0.15, 0.2) is 78.7 Å². The molecule has 1 aliphatic heterocycles. The van der Waals surface area contributed by atoms with E-state index in [0.29, 0.717) is 40.8 Å². The van der Waals surface area contributed by atoms with Crippen molar-refractivity contribution in [2.24, 2.45) is 4.99 Å². The molecule has 0 spiro atoms. The molecule has 4 rings (SSSR count). The van der Waals surface area contributed by atoms with E-state index in [1.807, 2.05) is 31.2 Å². The van der Waals surface area contributed by atoms with Crippen LogP contribution < -0.4 is 26.0 Å². The van der Waals surface area contributed by atoms with Crippen LogP contribution in [0.1, 0.15) is 31.7 Å². The van der Waals surface area contributed by atoms with E-state index in [1.54, 1.807) is 18.3 Å². The molecule has 1 saturated carbocycles. The fraction of sp³-hybridized carbons (Fsp3) is 0.375. The third-order valence-electron chi connectivity index (χ3n) is 7.34. The molecule has 1 aliphatic carbocycles. The van der Waals surface area contributed by atoms with Crippen molar-refractivity contribution in [2.75, 3.05) is 55.8 Å². The molecule has 224 valence electrons. The summed E-state index contributed by atoms with van der Waals surface area (Å²) in [5.74, 6) is 1.37. The Morgan fingerprint density at radius 1 is 1.10 bits per heavy atom. The first-order valence-electron chi connectivity index (χ1n) is 14.4. The number of piperazine rings is 1. The summed E-state index contributed by atoms with van der Waals surface area (Å²) < 4.78 is 5.81. The molecule has 2 aromatic carbocycles. The zero-order valence-corrected chi connectivity index (χ0v) is 25.3. The SMILES string of the molecule is C=CC(=O)Nc1cc(CN2CCN(C)CC2)ccc1NC(C)=NC=CC(=C)Oc1ccc(NCNC2CCC2)c(Cl)c1. The summed E-state index contributed by atoms with van der Waals surface area (Å²) in [6.45, 7) is 15.0. The molecule has 0 bridgehead atoms. The van der Waals surface area contributed by atoms with Crippen molar-refractivity contribution >= 4 is 40.4 Å². The Morgan fingerprint density at radius 2 is 1.86 bits per heavy atom. The zero-order chi connectivity index (χ0) is 29.9. The summed E-state index contributed by atoms with van der Waals surface area (Å²) >= 11 is 6.43. The summed E-state index contributed by atoms with van der Waals surface area (Å²) in [5.41, 5.74) is 3.38. The first-order valence-corrected chi connectivity index (χ1v) is 14.8. The largest absolute Gasteiger partial charge is 0.458 e. The smallest absolute Gasteiger partial charge is 0.247 e. The molecule has 0 unspecified atom stereocenters. The second-order valence-corrected chi connectivity index (χ2v) is 11.1. The fourth-order valence-corrected chi connectivity index (χ4v) is 4.84. The van der Waals surface area contributed by atoms with E-state index in [9.17, 15) is 4.79 Å². The maximum Gasteiger partial charge on any atom is 0.247 e. The third-order valence-corrected chi connectivity index (χ3v) is 7.65. The van der Waals surface area contributed by atoms with Crippen LogP contribution in [0.3, 0.4) is 0 Å². The number of carbonyl (C=O) groups excluding carboxylic acids is 1. The number of hydrogen-bond donors (Lipinski definition) is 4. The molecule has 0 aromatic heterocycles. The second-order valence-electron chi connectivity index (χ2n) is 10.7. The summed E-state index contributed by atoms with van der Waals surface area (Å²) in [5, 5.41) is 13.5. The molecule has 2 aromatic rings. The first kappa shape index (κ1) is 31.3. The summed E-state index contributed by atoms with van der Waals surface area (Å²) in [4.78, 5) is 21.3. The number of nitrogens with one attached hydrogen (secondary N) is 4. The van der Waals surface area contributed by atoms with E-state index in [4.69, 9.17) is 16.3 Å². The van der Waals surface area contributed by atoms with Crippen molar-refractivity contribution < 1.29 is 9.53 Å². The summed E-state index contributed by atoms with van der Waals surface area (Å²) in [7, 11) is 2.14. The number of rotatable bonds is 13. The van der Waals surface area contributed by atoms with Gasteiger partial charge in [0.25, 0.3) is 0 Å². The molecule has 4 N–H and O–H groups in total. The van der Waals surface area contributed by atoms with Crippen molar-refractivity contribution in [2.45, 2.75) is 38.8 Å². The molecular formula is C32H42ClN7O2. The zero-order valence-electron chi connectivity index (χ0n) is 24.6. The van der Waals surface area contributed by atoms with Gasteiger partial charge in [-0.3, -0.25) is 15.0 Å². The van der Waals surface area contributed by atoms with Gasteiger partial charge in [-0.05, 0) is 68.8 Å². The summed E-state index contributed by atoms with van der Waals surface area (Å²) in [6, 6.07) is 12.1. The van der Waals surface area contributed by atoms with E-state index >= 15 is 0 Å². The number of amidine groups is 1. The second kappa shape index (κ2) is 15.6. The minimum atomic E-state index is -0.271. The highest BCUT2D eigenvalue weighted by Crippen LogP contribution is 2.28. The van der Waals surface area contributed by atoms with Crippen LogP contribution in [0, 0.1) is 0 Å². The number of benzene rings is 2. The van der Waals surface area contributed by atoms with Crippen molar-refractivity contribution in [3.63, 3.8) is 0 Å². The molecular weight excluding hydrogens is 550 g/mol. The number of anilines is 3. The summed E-state index contributed by atoms with van der Waals surface area (Å²) in [6.07, 6.45) is 8.31. The number of ether oxygens (including phenoxy) is 1. The van der Waals surface area contributed by atoms with Crippen LogP contribution in [0.4, 0.5) is 17.1 Å². The van der Waals surface area contributed by atoms with E-state index in [1.165, 1.54) is 25.3 Å². The molecule has 0 radical (unpaired) electrons. The average molecular weight is 592 g/mol. The highest BCUT2D eigenvalue weighted by atomic mass is 35.5. The number of likely N-dealkylation sites (N-methyl/N-ethyl adjacent to an activating group) is 1. The van der Waals surface area contributed by atoms with Gasteiger partial charge in [-0.15, -0.1) is 0 Å². The monoisotopic (exact) mass is 591 g/mol. The maximum absolute atomic E-state index is 12.1. The van der Waals surface area contributed by atoms with Gasteiger partial charge >= 0.3 is 0 Å². The normalized spacial score (nSPS) is 16.6. The lowest BCUT2D eigenvalue weighted by atomic mass is 9.93. The van der Waals surface area contributed by atoms with Crippen LogP contribution in [0.25, 0.3) is 0 Å². The van der Waals surface area contributed by atoms with Gasteiger partial charge in [0.15, 0.2) is 0 Å². The number of halogens is 1. The van der Waals surface area contributed by atoms with Gasteiger partial charge in [0.2, 0.25) is 5.91 Å². The molecule has 9 nitrogen and oxygen atoms in total. The van der Waals surface area contributed by atoms with Crippen LogP contribution in [-0.2, 0) is 11.3 Å². The third kappa shape index (κ3) is 9.73. The van der Waals surface area contributed by atoms with Crippen molar-refractivity contribution in [3.8, 4) is 5.75 Å². The van der Waals surface area contributed by atoms with Gasteiger partial charge in [0, 0.05) is 51.0 Å². The number of aliphatic imine (C=N–C) groups is 1. The van der Waals surface area contributed by atoms with Gasteiger partial charge in [-0.1, -0.05) is 37.2 Å². The molecule has 2 aliphatic rings. The Morgan fingerprint density at radius 3 is 2.55 bits per heavy atom. The standard InChI is InChI=1S/C32H42ClN7O2/c1-5-32(41)38-31-19-25(21-40-17-15-39(4)16-18-40)9-11-30(31)37-24(3)34-14-13-23(2)42-27-10-12-29(28(33)20-27)36-22-35-26-7-6-8-26/h5,9-14,19-20,26,35-36H,1-2,6-8,15-18,21-22H2,3-4H3,(H,34,37)(H,38,41). The maximum atomic E-state index is 12.1. The number of amides is 1. The Labute approximate surface area is 254 Å². The van der Waals surface area contributed by atoms with Gasteiger partial charge in [0.1, 0.15) is 17.3 Å². The van der Waals surface area contributed by atoms with E-state index in [0.717, 1.165) is 49.7 Å². The topological polar surface area (TPSA) is 93.3 Å². The van der Waals surface area contributed by atoms with Crippen LogP contribution in [0.5, 0.6) is 5.75 Å². The number of nitrogens with zero attached hydrogens (tertiary/aromatic N) is 3. The highest BCUT2D eigenvalue weighted by Gasteiger charge is 2.16. The molecule has 1 heterocycles. The predicted octanol–water partition coefficient (Wildman–Crippen LogP) is 5.66. The lowest BCUT2D eigenvalue weighted by Gasteiger charge is -2.32. The quantitative estimate of drug-likeness (QED) is 0.0596. The van der Waals surface area contributed by atoms with Crippen LogP contribution in [0.2, 0.25) is 5.02 Å². The molecule has 42 heavy (non-hydrogen) atoms. The van der Waals surface area contributed by atoms with Gasteiger partial charge in [-0.25, -0.2) is 4.99 Å². The van der Waals surface area contributed by atoms with Crippen molar-refractivity contribution in [1.29, 1.82) is 0 Å². The lowest BCUT2D eigenvalue weighted by molar-refractivity contribution is -0.111. The van der Waals surface area contributed by atoms with Gasteiger partial charge in [-0.2, -0.15) is 0 Å². The van der Waals surface area contributed by atoms with E-state index < -0.39 is 0 Å². The molecule has 2 fully saturated rings. The Bertz CT molecular complexity index is 1310. The molecule has 1 amide bonds. The highest BCUT2D eigenvalue weighted by molar-refractivity contribution is 6.33. The molecule has 10 heteroatoms. The van der Waals surface area contributed by atoms with E-state index in [-0.39, 0.29) is 5.91 Å². The van der Waals surface area contributed by atoms with Crippen molar-refractivity contribution in [3.05, 3.63) is 84.3 Å². The number of allylic oxidation sites excluding steroid dienone is 1. The molecule has 1 saturated heterocycles. The minimum absolute atomic E-state index is 0.271. The lowest BCUT2D eigenvalue weighted by Crippen LogP contribution is -2.43. The van der Waals surface area contributed by atoms with Crippen LogP contribution >= 0.6 is 11.6 Å². The fourth-order valence-electron chi connectivity index (χ4n) is 4.60. The van der Waals surface area contributed by atoms with E-state index in [2.05, 4.69) is 62.3 Å². The number of carbonyl (C=O) groups is 1. The predicted molar refractivity (Wildman–Crippen MR) is 174 cm³/mol. The van der Waals surface area contributed by atoms with Gasteiger partial charge < -0.3 is 25.6 Å². The Balaban J connectivity index is 1.31. The molecule has 0 atom stereocenters. The number of hydrogen-bond acceptors (Lipinski definition) is 7. The van der Waals surface area contributed by atoms with Crippen LogP contribution in [-0.4, -0.2) is 67.5 Å². The van der Waals surface area contributed by atoms with Crippen molar-refractivity contribution in [1.82, 2.24) is 15.1 Å². The average Bonchev–Trinajstić information content (AvgIpc) is 2.93. The van der Waals surface area contributed by atoms with Gasteiger partial charge in [0.05, 0.1) is 28.8 Å².